The third-order valence-corrected chi connectivity index (χ3v) is 4.72. The average molecular weight is 405 g/mol. The highest BCUT2D eigenvalue weighted by molar-refractivity contribution is 6.00. The van der Waals surface area contributed by atoms with Gasteiger partial charge in [0.15, 0.2) is 5.78 Å². The van der Waals surface area contributed by atoms with Gasteiger partial charge >= 0.3 is 0 Å². The lowest BCUT2D eigenvalue weighted by atomic mass is 9.89. The number of carbonyl (C=O) groups is 1. The Morgan fingerprint density at radius 2 is 1.30 bits per heavy atom. The van der Waals surface area contributed by atoms with Crippen molar-refractivity contribution in [1.29, 1.82) is 0 Å². The lowest BCUT2D eigenvalue weighted by Crippen LogP contribution is -2.25. The van der Waals surface area contributed by atoms with Crippen molar-refractivity contribution in [3.63, 3.8) is 0 Å². The zero-order valence-corrected chi connectivity index (χ0v) is 19.3. The molecule has 1 N–H and O–H groups in total. The second kappa shape index (κ2) is 13.5. The molecule has 0 aromatic carbocycles. The minimum atomic E-state index is -0.830. The van der Waals surface area contributed by atoms with E-state index in [9.17, 15) is 9.90 Å². The number of carbonyl (C=O) groups excluding carboxylic acids is 1. The molecule has 0 spiro atoms. The summed E-state index contributed by atoms with van der Waals surface area (Å²) in [6.07, 6.45) is 25.1. The minimum Gasteiger partial charge on any atom is -0.385 e. The summed E-state index contributed by atoms with van der Waals surface area (Å²) in [7, 11) is 0. The number of Topliss-reactive ketones (excluding diaryl/α,β-unsaturated/α-hetero) is 1. The normalized spacial score (nSPS) is 19.9. The summed E-state index contributed by atoms with van der Waals surface area (Å²) in [6, 6.07) is 0. The smallest absolute Gasteiger partial charge is 0.187 e. The van der Waals surface area contributed by atoms with Gasteiger partial charge in [-0.25, -0.2) is 0 Å². The van der Waals surface area contributed by atoms with Crippen LogP contribution in [0.4, 0.5) is 0 Å². The predicted molar refractivity (Wildman–Crippen MR) is 130 cm³/mol. The number of ketones is 1. The van der Waals surface area contributed by atoms with Crippen molar-refractivity contribution < 1.29 is 9.90 Å². The molecule has 0 fully saturated rings. The first-order valence-corrected chi connectivity index (χ1v) is 10.5. The lowest BCUT2D eigenvalue weighted by molar-refractivity contribution is -0.124. The summed E-state index contributed by atoms with van der Waals surface area (Å²) in [5.41, 5.74) is 6.45. The number of hydrogen-bond donors (Lipinski definition) is 1. The largest absolute Gasteiger partial charge is 0.385 e. The third-order valence-electron chi connectivity index (χ3n) is 4.72. The van der Waals surface area contributed by atoms with Crippen LogP contribution in [0.5, 0.6) is 0 Å². The van der Waals surface area contributed by atoms with Crippen LogP contribution in [0.2, 0.25) is 0 Å². The maximum absolute atomic E-state index is 11.9. The van der Waals surface area contributed by atoms with Crippen molar-refractivity contribution in [3.05, 3.63) is 106 Å². The van der Waals surface area contributed by atoms with Crippen molar-refractivity contribution in [3.8, 4) is 0 Å². The molecular weight excluding hydrogens is 368 g/mol. The van der Waals surface area contributed by atoms with Crippen LogP contribution < -0.4 is 0 Å². The standard InChI is InChI=1S/C28H36O2/c1-21(2)11-9-14-22(3)12-7-8-13-23(4)15-10-16-24(5)17-18-26-19-20-27(29)28(30)25(26)6/h7-18,27,29H,19-20H2,1-6H3/b8-7+,14-9+,15-10+,18-17+,22-12+,23-13+,24-16+/t27-/m0/s1. The van der Waals surface area contributed by atoms with Gasteiger partial charge in [-0.2, -0.15) is 0 Å². The van der Waals surface area contributed by atoms with Gasteiger partial charge in [0, 0.05) is 0 Å². The van der Waals surface area contributed by atoms with E-state index in [1.807, 2.05) is 43.4 Å². The Morgan fingerprint density at radius 1 is 0.800 bits per heavy atom. The second-order valence-corrected chi connectivity index (χ2v) is 7.98. The molecule has 0 heterocycles. The van der Waals surface area contributed by atoms with Gasteiger partial charge in [-0.1, -0.05) is 95.2 Å². The van der Waals surface area contributed by atoms with E-state index in [0.717, 1.165) is 23.1 Å². The molecule has 2 heteroatoms. The second-order valence-electron chi connectivity index (χ2n) is 7.98. The van der Waals surface area contributed by atoms with Gasteiger partial charge in [0.05, 0.1) is 0 Å². The fourth-order valence-corrected chi connectivity index (χ4v) is 2.78. The molecule has 0 saturated carbocycles. The van der Waals surface area contributed by atoms with Crippen molar-refractivity contribution in [2.24, 2.45) is 0 Å². The van der Waals surface area contributed by atoms with Gasteiger partial charge in [-0.15, -0.1) is 0 Å². The molecule has 1 rings (SSSR count). The van der Waals surface area contributed by atoms with E-state index in [4.69, 9.17) is 0 Å². The molecule has 1 atom stereocenters. The molecule has 0 aromatic rings. The Kier molecular flexibility index (Phi) is 11.4. The highest BCUT2D eigenvalue weighted by atomic mass is 16.3. The topological polar surface area (TPSA) is 37.3 Å². The Hall–Kier alpha value is -2.71. The van der Waals surface area contributed by atoms with Crippen LogP contribution in [-0.2, 0) is 4.79 Å². The van der Waals surface area contributed by atoms with Gasteiger partial charge in [-0.05, 0) is 65.5 Å². The maximum atomic E-state index is 11.9. The van der Waals surface area contributed by atoms with Crippen molar-refractivity contribution >= 4 is 5.78 Å². The Balaban J connectivity index is 2.62. The molecule has 0 saturated heterocycles. The average Bonchev–Trinajstić information content (AvgIpc) is 2.68. The van der Waals surface area contributed by atoms with E-state index in [-0.39, 0.29) is 5.78 Å². The summed E-state index contributed by atoms with van der Waals surface area (Å²) in [6.45, 7) is 12.1. The molecule has 0 bridgehead atoms. The number of rotatable bonds is 8. The molecule has 1 aliphatic carbocycles. The summed E-state index contributed by atoms with van der Waals surface area (Å²) in [5, 5.41) is 9.62. The third kappa shape index (κ3) is 10.2. The van der Waals surface area contributed by atoms with Crippen molar-refractivity contribution in [2.75, 3.05) is 0 Å². The predicted octanol–water partition coefficient (Wildman–Crippen LogP) is 7.06. The van der Waals surface area contributed by atoms with Crippen LogP contribution in [0.1, 0.15) is 54.4 Å². The van der Waals surface area contributed by atoms with Gasteiger partial charge in [-0.3, -0.25) is 4.79 Å². The summed E-state index contributed by atoms with van der Waals surface area (Å²) < 4.78 is 0. The van der Waals surface area contributed by atoms with E-state index in [2.05, 4.69) is 64.2 Å². The van der Waals surface area contributed by atoms with Crippen LogP contribution >= 0.6 is 0 Å². The number of aliphatic hydroxyl groups excluding tert-OH is 1. The highest BCUT2D eigenvalue weighted by Gasteiger charge is 2.23. The fraction of sp³-hybridized carbons (Fsp3) is 0.321. The monoisotopic (exact) mass is 404 g/mol. The molecule has 2 nitrogen and oxygen atoms in total. The van der Waals surface area contributed by atoms with Crippen LogP contribution in [0.15, 0.2) is 106 Å². The first-order chi connectivity index (χ1) is 14.2. The Bertz CT molecular complexity index is 874. The van der Waals surface area contributed by atoms with E-state index >= 15 is 0 Å². The number of allylic oxidation sites excluding steroid dienone is 17. The van der Waals surface area contributed by atoms with Gasteiger partial charge < -0.3 is 5.11 Å². The molecular formula is C28H36O2. The first-order valence-electron chi connectivity index (χ1n) is 10.5. The van der Waals surface area contributed by atoms with E-state index < -0.39 is 6.10 Å². The quantitative estimate of drug-likeness (QED) is 0.440. The summed E-state index contributed by atoms with van der Waals surface area (Å²) >= 11 is 0. The summed E-state index contributed by atoms with van der Waals surface area (Å²) in [5.74, 6) is -0.148. The van der Waals surface area contributed by atoms with E-state index in [1.54, 1.807) is 6.92 Å². The van der Waals surface area contributed by atoms with E-state index in [1.165, 1.54) is 11.1 Å². The minimum absolute atomic E-state index is 0.148. The van der Waals surface area contributed by atoms with Crippen molar-refractivity contribution in [1.82, 2.24) is 0 Å². The van der Waals surface area contributed by atoms with Gasteiger partial charge in [0.25, 0.3) is 0 Å². The fourth-order valence-electron chi connectivity index (χ4n) is 2.78. The van der Waals surface area contributed by atoms with Crippen molar-refractivity contribution in [2.45, 2.75) is 60.5 Å². The van der Waals surface area contributed by atoms with Crippen LogP contribution in [0, 0.1) is 0 Å². The van der Waals surface area contributed by atoms with Gasteiger partial charge in [0.1, 0.15) is 6.10 Å². The molecule has 1 aliphatic rings. The van der Waals surface area contributed by atoms with Gasteiger partial charge in [0.2, 0.25) is 0 Å². The van der Waals surface area contributed by atoms with Crippen LogP contribution in [0.3, 0.4) is 0 Å². The first kappa shape index (κ1) is 25.3. The summed E-state index contributed by atoms with van der Waals surface area (Å²) in [4.78, 5) is 11.9. The molecule has 160 valence electrons. The molecule has 0 unspecified atom stereocenters. The SMILES string of the molecule is CC(C)=C/C=C/C(C)=C/C=C/C=C(C)/C=C/C=C(C)/C=C/C1=C(C)C(=O)[C@@H](O)CC1. The maximum Gasteiger partial charge on any atom is 0.187 e. The van der Waals surface area contributed by atoms with E-state index in [0.29, 0.717) is 12.0 Å². The molecule has 0 aliphatic heterocycles. The lowest BCUT2D eigenvalue weighted by Gasteiger charge is -2.18. The number of hydrogen-bond acceptors (Lipinski definition) is 2. The Morgan fingerprint density at radius 3 is 1.87 bits per heavy atom. The van der Waals surface area contributed by atoms with Crippen LogP contribution in [0.25, 0.3) is 0 Å². The molecule has 30 heavy (non-hydrogen) atoms. The molecule has 0 aromatic heterocycles. The number of aliphatic hydroxyl groups is 1. The van der Waals surface area contributed by atoms with Crippen LogP contribution in [-0.4, -0.2) is 17.0 Å². The molecule has 0 amide bonds. The highest BCUT2D eigenvalue weighted by Crippen LogP contribution is 2.23. The molecule has 0 radical (unpaired) electrons. The zero-order valence-electron chi connectivity index (χ0n) is 19.3. The Labute approximate surface area is 182 Å². The zero-order chi connectivity index (χ0) is 22.5.